The zero-order valence-corrected chi connectivity index (χ0v) is 26.3. The summed E-state index contributed by atoms with van der Waals surface area (Å²) in [5.74, 6) is 1.62. The minimum absolute atomic E-state index is 0.0454. The number of fused-ring (bicyclic) bond motifs is 1. The molecule has 5 nitrogen and oxygen atoms in total. The summed E-state index contributed by atoms with van der Waals surface area (Å²) in [6, 6.07) is 21.5. The minimum atomic E-state index is -0.147. The molecule has 5 heteroatoms. The third-order valence-corrected chi connectivity index (χ3v) is 7.80. The second kappa shape index (κ2) is 10.2. The van der Waals surface area contributed by atoms with Gasteiger partial charge in [-0.05, 0) is 57.7 Å². The zero-order chi connectivity index (χ0) is 29.7. The number of pyridine rings is 2. The summed E-state index contributed by atoms with van der Waals surface area (Å²) in [5.41, 5.74) is 8.53. The van der Waals surface area contributed by atoms with Gasteiger partial charge in [0.2, 0.25) is 0 Å². The predicted molar refractivity (Wildman–Crippen MR) is 172 cm³/mol. The second-order valence-corrected chi connectivity index (χ2v) is 14.3. The Balaban J connectivity index is 1.58. The van der Waals surface area contributed by atoms with Crippen molar-refractivity contribution in [2.75, 3.05) is 23.5 Å². The number of rotatable bonds is 4. The van der Waals surface area contributed by atoms with Gasteiger partial charge >= 0.3 is 0 Å². The fourth-order valence-electron chi connectivity index (χ4n) is 5.17. The second-order valence-electron chi connectivity index (χ2n) is 14.3. The maximum absolute atomic E-state index is 6.82. The number of nitrogens with zero attached hydrogens (tertiary/aromatic N) is 4. The Morgan fingerprint density at radius 3 is 1.93 bits per heavy atom. The van der Waals surface area contributed by atoms with Crippen LogP contribution in [0.2, 0.25) is 0 Å². The third-order valence-electron chi connectivity index (χ3n) is 7.80. The molecule has 0 aliphatic carbocycles. The van der Waals surface area contributed by atoms with Gasteiger partial charge in [-0.2, -0.15) is 0 Å². The van der Waals surface area contributed by atoms with Crippen LogP contribution in [0.15, 0.2) is 73.1 Å². The predicted octanol–water partition coefficient (Wildman–Crippen LogP) is 9.37. The van der Waals surface area contributed by atoms with E-state index in [-0.39, 0.29) is 16.2 Å². The number of anilines is 3. The molecule has 41 heavy (non-hydrogen) atoms. The van der Waals surface area contributed by atoms with E-state index in [0.29, 0.717) is 0 Å². The van der Waals surface area contributed by atoms with Crippen molar-refractivity contribution in [2.24, 2.45) is 0 Å². The van der Waals surface area contributed by atoms with Crippen LogP contribution in [-0.2, 0) is 16.2 Å². The maximum atomic E-state index is 6.82. The fraction of sp³-hybridized carbons (Fsp3) is 0.389. The smallest absolute Gasteiger partial charge is 0.134 e. The zero-order valence-electron chi connectivity index (χ0n) is 26.3. The van der Waals surface area contributed by atoms with E-state index in [4.69, 9.17) is 14.7 Å². The summed E-state index contributed by atoms with van der Waals surface area (Å²) in [4.78, 5) is 14.2. The Morgan fingerprint density at radius 2 is 1.32 bits per heavy atom. The molecule has 0 unspecified atom stereocenters. The van der Waals surface area contributed by atoms with Crippen molar-refractivity contribution in [3.63, 3.8) is 0 Å². The van der Waals surface area contributed by atoms with Crippen molar-refractivity contribution in [3.05, 3.63) is 89.7 Å². The first-order valence-corrected chi connectivity index (χ1v) is 14.5. The van der Waals surface area contributed by atoms with Crippen molar-refractivity contribution in [2.45, 2.75) is 78.6 Å². The molecule has 0 saturated heterocycles. The average Bonchev–Trinajstić information content (AvgIpc) is 3.23. The Hall–Kier alpha value is -3.86. The van der Waals surface area contributed by atoms with Crippen molar-refractivity contribution in [3.8, 4) is 22.9 Å². The summed E-state index contributed by atoms with van der Waals surface area (Å²) < 4.78 is 6.82. The Morgan fingerprint density at radius 1 is 0.659 bits per heavy atom. The summed E-state index contributed by atoms with van der Waals surface area (Å²) in [7, 11) is 2.14. The monoisotopic (exact) mass is 548 g/mol. The molecule has 1 aliphatic rings. The Kier molecular flexibility index (Phi) is 7.13. The van der Waals surface area contributed by atoms with Gasteiger partial charge in [0.25, 0.3) is 0 Å². The molecular formula is C36H44N4O. The van der Waals surface area contributed by atoms with E-state index in [9.17, 15) is 0 Å². The highest BCUT2D eigenvalue weighted by Crippen LogP contribution is 2.43. The lowest BCUT2D eigenvalue weighted by Gasteiger charge is -2.27. The van der Waals surface area contributed by atoms with Gasteiger partial charge in [0.15, 0.2) is 0 Å². The molecule has 214 valence electrons. The molecule has 5 rings (SSSR count). The topological polar surface area (TPSA) is 41.5 Å². The van der Waals surface area contributed by atoms with Crippen LogP contribution in [-0.4, -0.2) is 23.7 Å². The van der Waals surface area contributed by atoms with Gasteiger partial charge in [0.05, 0.1) is 29.4 Å². The van der Waals surface area contributed by atoms with Gasteiger partial charge < -0.3 is 14.5 Å². The minimum Gasteiger partial charge on any atom is -0.457 e. The highest BCUT2D eigenvalue weighted by Gasteiger charge is 2.27. The molecule has 1 aliphatic heterocycles. The molecule has 0 fully saturated rings. The highest BCUT2D eigenvalue weighted by molar-refractivity contribution is 5.82. The van der Waals surface area contributed by atoms with Gasteiger partial charge in [-0.3, -0.25) is 9.97 Å². The van der Waals surface area contributed by atoms with E-state index in [1.165, 1.54) is 22.5 Å². The first kappa shape index (κ1) is 28.7. The van der Waals surface area contributed by atoms with Crippen LogP contribution in [0, 0.1) is 0 Å². The standard InChI is InChI=1S/C36H44N4O/c1-34(2,3)24-15-16-29(37-21-24)30-20-33(28(22-38-30)36(7,8)9)41-27-18-25(35(4,5)6)17-26(19-27)40-23-39(10)31-13-11-12-14-32(31)40/h11-22H,23H2,1-10H3. The highest BCUT2D eigenvalue weighted by atomic mass is 16.5. The van der Waals surface area contributed by atoms with Crippen LogP contribution in [0.5, 0.6) is 11.5 Å². The van der Waals surface area contributed by atoms with Gasteiger partial charge in [-0.15, -0.1) is 0 Å². The molecule has 0 spiro atoms. The van der Waals surface area contributed by atoms with Crippen LogP contribution >= 0.6 is 0 Å². The van der Waals surface area contributed by atoms with Crippen molar-refractivity contribution in [1.29, 1.82) is 0 Å². The Bertz CT molecular complexity index is 1550. The lowest BCUT2D eigenvalue weighted by Crippen LogP contribution is -2.24. The fourth-order valence-corrected chi connectivity index (χ4v) is 5.17. The molecule has 0 radical (unpaired) electrons. The first-order valence-electron chi connectivity index (χ1n) is 14.5. The number of aromatic nitrogens is 2. The molecule has 3 heterocycles. The largest absolute Gasteiger partial charge is 0.457 e. The van der Waals surface area contributed by atoms with Crippen LogP contribution < -0.4 is 14.5 Å². The summed E-state index contributed by atoms with van der Waals surface area (Å²) in [6.45, 7) is 20.7. The van der Waals surface area contributed by atoms with E-state index in [0.717, 1.165) is 40.8 Å². The quantitative estimate of drug-likeness (QED) is 0.254. The number of benzene rings is 2. The molecule has 0 amide bonds. The summed E-state index contributed by atoms with van der Waals surface area (Å²) in [6.07, 6.45) is 3.91. The first-order chi connectivity index (χ1) is 19.1. The van der Waals surface area contributed by atoms with E-state index >= 15 is 0 Å². The summed E-state index contributed by atoms with van der Waals surface area (Å²) >= 11 is 0. The van der Waals surface area contributed by atoms with Gasteiger partial charge in [-0.25, -0.2) is 0 Å². The molecule has 2 aromatic carbocycles. The average molecular weight is 549 g/mol. The van der Waals surface area contributed by atoms with Gasteiger partial charge in [0, 0.05) is 42.8 Å². The molecule has 0 atom stereocenters. The molecule has 0 N–H and O–H groups in total. The lowest BCUT2D eigenvalue weighted by atomic mass is 9.86. The van der Waals surface area contributed by atoms with E-state index in [1.54, 1.807) is 0 Å². The molecular weight excluding hydrogens is 504 g/mol. The van der Waals surface area contributed by atoms with Crippen LogP contribution in [0.1, 0.15) is 79.0 Å². The van der Waals surface area contributed by atoms with Crippen LogP contribution in [0.25, 0.3) is 11.4 Å². The maximum Gasteiger partial charge on any atom is 0.134 e. The number of para-hydroxylation sites is 2. The van der Waals surface area contributed by atoms with Crippen LogP contribution in [0.3, 0.4) is 0 Å². The number of hydrogen-bond donors (Lipinski definition) is 0. The van der Waals surface area contributed by atoms with E-state index < -0.39 is 0 Å². The SMILES string of the molecule is CN1CN(c2cc(Oc3cc(-c4ccc(C(C)(C)C)cn4)ncc3C(C)(C)C)cc(C(C)(C)C)c2)c2ccccc21. The van der Waals surface area contributed by atoms with Crippen LogP contribution in [0.4, 0.5) is 17.1 Å². The van der Waals surface area contributed by atoms with Crippen molar-refractivity contribution < 1.29 is 4.74 Å². The molecule has 4 aromatic rings. The number of ether oxygens (including phenoxy) is 1. The molecule has 0 saturated carbocycles. The normalized spacial score (nSPS) is 13.9. The van der Waals surface area contributed by atoms with Crippen molar-refractivity contribution in [1.82, 2.24) is 9.97 Å². The van der Waals surface area contributed by atoms with Gasteiger partial charge in [-0.1, -0.05) is 80.5 Å². The third kappa shape index (κ3) is 5.95. The van der Waals surface area contributed by atoms with Gasteiger partial charge in [0.1, 0.15) is 11.5 Å². The van der Waals surface area contributed by atoms with E-state index in [1.807, 2.05) is 18.5 Å². The lowest BCUT2D eigenvalue weighted by molar-refractivity contribution is 0.451. The Labute approximate surface area is 246 Å². The summed E-state index contributed by atoms with van der Waals surface area (Å²) in [5, 5.41) is 0. The van der Waals surface area contributed by atoms with Crippen molar-refractivity contribution >= 4 is 17.1 Å². The molecule has 2 aromatic heterocycles. The number of hydrogen-bond acceptors (Lipinski definition) is 5. The van der Waals surface area contributed by atoms with E-state index in [2.05, 4.69) is 134 Å². The molecule has 0 bridgehead atoms.